The summed E-state index contributed by atoms with van der Waals surface area (Å²) >= 11 is 0. The fraction of sp³-hybridized carbons (Fsp3) is 0.333. The van der Waals surface area contributed by atoms with Crippen LogP contribution < -0.4 is 9.97 Å². The molecule has 0 N–H and O–H groups in total. The molecule has 0 aliphatic carbocycles. The minimum Gasteiger partial charge on any atom is -0.357 e. The van der Waals surface area contributed by atoms with Gasteiger partial charge < -0.3 is 29.9 Å². The largest absolute Gasteiger partial charge is 2.00 e. The van der Waals surface area contributed by atoms with Crippen LogP contribution in [0.2, 0.25) is 0 Å². The van der Waals surface area contributed by atoms with Crippen molar-refractivity contribution in [3.63, 3.8) is 0 Å². The van der Waals surface area contributed by atoms with Gasteiger partial charge in [-0.15, -0.1) is 0 Å². The Labute approximate surface area is 641 Å². The molecule has 8 nitrogen and oxygen atoms in total. The first-order valence-corrected chi connectivity index (χ1v) is 37.1. The van der Waals surface area contributed by atoms with Gasteiger partial charge in [-0.05, 0) is 132 Å². The van der Waals surface area contributed by atoms with Crippen molar-refractivity contribution in [2.75, 3.05) is 0 Å². The van der Waals surface area contributed by atoms with Gasteiger partial charge in [0.15, 0.2) is 0 Å². The van der Waals surface area contributed by atoms with Crippen molar-refractivity contribution in [3.8, 4) is 44.5 Å². The molecule has 0 unspecified atom stereocenters. The molecule has 0 atom stereocenters. The maximum Gasteiger partial charge on any atom is 2.00 e. The maximum absolute atomic E-state index is 5.96. The van der Waals surface area contributed by atoms with E-state index >= 15 is 0 Å². The zero-order valence-electron chi connectivity index (χ0n) is 66.8. The third-order valence-corrected chi connectivity index (χ3v) is 20.8. The van der Waals surface area contributed by atoms with Crippen LogP contribution >= 0.6 is 0 Å². The monoisotopic (exact) mass is 1390 g/mol. The molecule has 0 saturated carbocycles. The van der Waals surface area contributed by atoms with Crippen LogP contribution in [0.3, 0.4) is 0 Å². The van der Waals surface area contributed by atoms with Crippen LogP contribution in [0.1, 0.15) is 256 Å². The van der Waals surface area contributed by atoms with E-state index < -0.39 is 0 Å². The van der Waals surface area contributed by atoms with Crippen molar-refractivity contribution >= 4 is 67.9 Å². The van der Waals surface area contributed by atoms with E-state index in [2.05, 4.69) is 360 Å². The Bertz CT molecular complexity index is 4650. The van der Waals surface area contributed by atoms with Crippen LogP contribution in [0.4, 0.5) is 0 Å². The summed E-state index contributed by atoms with van der Waals surface area (Å²) in [5.41, 5.74) is 24.6. The smallest absolute Gasteiger partial charge is 0.357 e. The Kier molecular flexibility index (Phi) is 19.7. The SMILES string of the molecule is CC(C)(C)c1ccc(C2=C(c3ccc(C(C)(C)C)cc3)c3nc2nc2[n-]c(nc4nc(nc5[n-]c(n3)c(-c3ccc(C(C)(C)C)cc3)c5-c3ccc(C(C)(C)C)cc3)C(c3ccc(C(C)(C)C)cc3)=C4c3ccc(C(C)(C)C)cc3)c(-c3ccc(C(C)(C)C)cc3)c2-c2ccc(C(C)(C)C)cc2)cc1.[Mg+2]. The van der Waals surface area contributed by atoms with Gasteiger partial charge in [-0.3, -0.25) is 0 Å². The van der Waals surface area contributed by atoms with Crippen LogP contribution in [-0.2, 0) is 43.3 Å². The summed E-state index contributed by atoms with van der Waals surface area (Å²) < 4.78 is 0. The van der Waals surface area contributed by atoms with Gasteiger partial charge in [-0.2, -0.15) is 0 Å². The fourth-order valence-electron chi connectivity index (χ4n) is 14.1. The molecule has 9 heteroatoms. The van der Waals surface area contributed by atoms with Crippen molar-refractivity contribution in [3.05, 3.63) is 284 Å². The summed E-state index contributed by atoms with van der Waals surface area (Å²) in [6.45, 7) is 54.2. The molecule has 5 heterocycles. The van der Waals surface area contributed by atoms with Crippen LogP contribution in [0.25, 0.3) is 89.4 Å². The minimum atomic E-state index is -0.118. The number of fused-ring (bicyclic) bond motifs is 8. The quantitative estimate of drug-likeness (QED) is 0.139. The van der Waals surface area contributed by atoms with Gasteiger partial charge >= 0.3 is 23.1 Å². The summed E-state index contributed by atoms with van der Waals surface area (Å²) in [5, 5.41) is 0. The second-order valence-corrected chi connectivity index (χ2v) is 37.1. The topological polar surface area (TPSA) is 106 Å². The van der Waals surface area contributed by atoms with Crippen molar-refractivity contribution in [1.29, 1.82) is 0 Å². The summed E-state index contributed by atoms with van der Waals surface area (Å²) in [7, 11) is 0. The Hall–Kier alpha value is -9.15. The van der Waals surface area contributed by atoms with Crippen molar-refractivity contribution in [2.45, 2.75) is 209 Å². The number of benzene rings is 8. The van der Waals surface area contributed by atoms with E-state index in [0.717, 1.165) is 89.1 Å². The Morgan fingerprint density at radius 3 is 0.419 bits per heavy atom. The van der Waals surface area contributed by atoms with Crippen LogP contribution in [0, 0.1) is 0 Å². The summed E-state index contributed by atoms with van der Waals surface area (Å²) in [4.78, 5) is 47.2. The van der Waals surface area contributed by atoms with Gasteiger partial charge in [0, 0.05) is 67.1 Å². The molecule has 0 fully saturated rings. The minimum absolute atomic E-state index is 0. The molecule has 3 aromatic heterocycles. The third-order valence-electron chi connectivity index (χ3n) is 20.8. The first-order valence-electron chi connectivity index (χ1n) is 37.1. The van der Waals surface area contributed by atoms with E-state index in [1.165, 1.54) is 44.5 Å². The van der Waals surface area contributed by atoms with Crippen LogP contribution in [-0.4, -0.2) is 53.0 Å². The number of aromatic nitrogens is 8. The normalized spacial score (nSPS) is 13.6. The fourth-order valence-corrected chi connectivity index (χ4v) is 14.1. The Morgan fingerprint density at radius 1 is 0.171 bits per heavy atom. The molecule has 8 bridgehead atoms. The number of nitrogens with zero attached hydrogens (tertiary/aromatic N) is 8. The van der Waals surface area contributed by atoms with Gasteiger partial charge in [-0.25, -0.2) is 9.97 Å². The molecule has 530 valence electrons. The first kappa shape index (κ1) is 75.5. The van der Waals surface area contributed by atoms with Crippen molar-refractivity contribution in [2.24, 2.45) is 0 Å². The molecule has 2 aliphatic heterocycles. The zero-order chi connectivity index (χ0) is 74.8. The molecule has 0 spiro atoms. The van der Waals surface area contributed by atoms with Crippen molar-refractivity contribution in [1.82, 2.24) is 39.9 Å². The second-order valence-electron chi connectivity index (χ2n) is 37.1. The molecule has 2 aliphatic rings. The maximum atomic E-state index is 5.96. The molecule has 0 radical (unpaired) electrons. The molecule has 0 saturated heterocycles. The third kappa shape index (κ3) is 15.3. The Balaban J connectivity index is 0.0000104. The molecule has 105 heavy (non-hydrogen) atoms. The average molecular weight is 1390 g/mol. The predicted octanol–water partition coefficient (Wildman–Crippen LogP) is 23.8. The second kappa shape index (κ2) is 27.3. The number of rotatable bonds is 8. The van der Waals surface area contributed by atoms with Gasteiger partial charge in [-0.1, -0.05) is 360 Å². The summed E-state index contributed by atoms with van der Waals surface area (Å²) in [6.07, 6.45) is 0. The van der Waals surface area contributed by atoms with Crippen LogP contribution in [0.15, 0.2) is 194 Å². The van der Waals surface area contributed by atoms with E-state index in [1.54, 1.807) is 0 Å². The number of hydrogen-bond donors (Lipinski definition) is 0. The summed E-state index contributed by atoms with van der Waals surface area (Å²) in [5.74, 6) is 1.83. The van der Waals surface area contributed by atoms with E-state index in [9.17, 15) is 0 Å². The van der Waals surface area contributed by atoms with Gasteiger partial charge in [0.25, 0.3) is 0 Å². The molecule has 11 aromatic rings. The van der Waals surface area contributed by atoms with Gasteiger partial charge in [0.05, 0.1) is 23.3 Å². The van der Waals surface area contributed by atoms with Crippen LogP contribution in [0.5, 0.6) is 0 Å². The predicted molar refractivity (Wildman–Crippen MR) is 443 cm³/mol. The van der Waals surface area contributed by atoms with Gasteiger partial charge in [0.2, 0.25) is 0 Å². The number of hydrogen-bond acceptors (Lipinski definition) is 6. The molecular formula is C96H104MgN8. The molecular weight excluding hydrogens is 1290 g/mol. The standard InChI is InChI=1S/C96H104N8.Mg/c1-89(2,3)65-41-25-57(26-42-65)73-74(58-27-43-66(44-28-58)90(4,5)6)82-97-81(73)101-83-75(59-29-45-67(46-30-59)91(7,8)9)76(60-31-47-68(48-32-60)92(10,11)12)85(98-83)103-87-79(63-37-53-71(54-38-63)95(19,20)21)80(64-39-55-72(56-40-64)96(22,23)24)88(100-87)104-86-78(62-35-51-70(52-36-62)94(16,17)18)77(84(99-86)102-82)61-33-49-69(50-34-61)93(13,14)15;/h25-56H,1-24H3;/q-2;+2. The summed E-state index contributed by atoms with van der Waals surface area (Å²) in [6, 6.07) is 71.6. The zero-order valence-corrected chi connectivity index (χ0v) is 68.2. The van der Waals surface area contributed by atoms with E-state index in [-0.39, 0.29) is 66.4 Å². The van der Waals surface area contributed by atoms with E-state index in [4.69, 9.17) is 39.9 Å². The molecule has 8 aromatic carbocycles. The van der Waals surface area contributed by atoms with E-state index in [0.29, 0.717) is 45.9 Å². The Morgan fingerprint density at radius 2 is 0.295 bits per heavy atom. The molecule has 0 amide bonds. The van der Waals surface area contributed by atoms with Crippen molar-refractivity contribution < 1.29 is 0 Å². The average Bonchev–Trinajstić information content (AvgIpc) is 1.60. The van der Waals surface area contributed by atoms with E-state index in [1.807, 2.05) is 0 Å². The molecule has 13 rings (SSSR count). The first-order chi connectivity index (χ1) is 48.6. The van der Waals surface area contributed by atoms with Gasteiger partial charge in [0.1, 0.15) is 0 Å².